The van der Waals surface area contributed by atoms with E-state index in [9.17, 15) is 9.18 Å². The molecule has 3 heteroatoms. The van der Waals surface area contributed by atoms with Gasteiger partial charge >= 0.3 is 0 Å². The van der Waals surface area contributed by atoms with Crippen LogP contribution in [0.2, 0.25) is 0 Å². The fourth-order valence-electron chi connectivity index (χ4n) is 1.55. The molecule has 2 unspecified atom stereocenters. The van der Waals surface area contributed by atoms with E-state index in [2.05, 4.69) is 11.7 Å². The normalized spacial score (nSPS) is 22.5. The van der Waals surface area contributed by atoms with Crippen molar-refractivity contribution in [1.29, 1.82) is 0 Å². The maximum atomic E-state index is 13.1. The third-order valence-corrected chi connectivity index (χ3v) is 2.50. The minimum Gasteiger partial charge on any atom is -0.298 e. The molecule has 16 heavy (non-hydrogen) atoms. The van der Waals surface area contributed by atoms with E-state index in [1.165, 1.54) is 0 Å². The zero-order valence-electron chi connectivity index (χ0n) is 9.40. The number of aldehydes is 1. The summed E-state index contributed by atoms with van der Waals surface area (Å²) in [6.45, 7) is 5.23. The van der Waals surface area contributed by atoms with Crippen LogP contribution in [0, 0.1) is 0 Å². The number of hydrogen-bond donors (Lipinski definition) is 0. The largest absolute Gasteiger partial charge is 0.298 e. The highest BCUT2D eigenvalue weighted by molar-refractivity contribution is 5.72. The Morgan fingerprint density at radius 2 is 2.56 bits per heavy atom. The Bertz CT molecular complexity index is 355. The molecule has 0 N–H and O–H groups in total. The molecule has 0 saturated heterocycles. The van der Waals surface area contributed by atoms with Crippen LogP contribution in [-0.4, -0.2) is 25.2 Å². The molecule has 0 aromatic rings. The van der Waals surface area contributed by atoms with E-state index >= 15 is 0 Å². The summed E-state index contributed by atoms with van der Waals surface area (Å²) in [6.07, 6.45) is 7.91. The van der Waals surface area contributed by atoms with Gasteiger partial charge in [-0.1, -0.05) is 18.2 Å². The lowest BCUT2D eigenvalue weighted by Gasteiger charge is -2.15. The van der Waals surface area contributed by atoms with E-state index in [0.29, 0.717) is 18.4 Å². The quantitative estimate of drug-likeness (QED) is 0.399. The molecule has 0 aromatic carbocycles. The second-order valence-corrected chi connectivity index (χ2v) is 3.82. The zero-order chi connectivity index (χ0) is 12.0. The van der Waals surface area contributed by atoms with Crippen molar-refractivity contribution >= 4 is 13.0 Å². The molecular weight excluding hydrogens is 205 g/mol. The molecule has 0 fully saturated rings. The smallest absolute Gasteiger partial charge is 0.145 e. The summed E-state index contributed by atoms with van der Waals surface area (Å²) in [6, 6.07) is -0.162. The molecule has 2 nitrogen and oxygen atoms in total. The maximum absolute atomic E-state index is 13.1. The number of alkyl halides is 1. The molecule has 0 saturated carbocycles. The molecular formula is C13H16FNO. The molecule has 2 atom stereocenters. The molecule has 0 spiro atoms. The summed E-state index contributed by atoms with van der Waals surface area (Å²) >= 11 is 0. The van der Waals surface area contributed by atoms with Crippen LogP contribution in [0.15, 0.2) is 40.4 Å². The van der Waals surface area contributed by atoms with Gasteiger partial charge in [-0.2, -0.15) is 0 Å². The third-order valence-electron chi connectivity index (χ3n) is 2.50. The number of aliphatic imine (C=N–C) groups is 1. The van der Waals surface area contributed by atoms with Gasteiger partial charge in [-0.15, -0.1) is 0 Å². The van der Waals surface area contributed by atoms with Crippen molar-refractivity contribution in [2.45, 2.75) is 32.0 Å². The van der Waals surface area contributed by atoms with Gasteiger partial charge in [0.25, 0.3) is 0 Å². The first kappa shape index (κ1) is 12.6. The third kappa shape index (κ3) is 3.57. The molecule has 0 amide bonds. The molecule has 86 valence electrons. The Morgan fingerprint density at radius 3 is 3.12 bits per heavy atom. The van der Waals surface area contributed by atoms with Gasteiger partial charge in [-0.05, 0) is 37.3 Å². The van der Waals surface area contributed by atoms with E-state index in [-0.39, 0.29) is 6.04 Å². The van der Waals surface area contributed by atoms with Crippen LogP contribution in [0.3, 0.4) is 0 Å². The van der Waals surface area contributed by atoms with Gasteiger partial charge in [0.05, 0.1) is 6.04 Å². The lowest BCUT2D eigenvalue weighted by molar-refractivity contribution is -0.104. The minimum absolute atomic E-state index is 0.162. The predicted octanol–water partition coefficient (Wildman–Crippen LogP) is 2.82. The number of nitrogens with zero attached hydrogens (tertiary/aromatic N) is 1. The summed E-state index contributed by atoms with van der Waals surface area (Å²) in [4.78, 5) is 14.4. The highest BCUT2D eigenvalue weighted by atomic mass is 19.1. The zero-order valence-corrected chi connectivity index (χ0v) is 9.40. The summed E-state index contributed by atoms with van der Waals surface area (Å²) in [7, 11) is 0. The highest BCUT2D eigenvalue weighted by Gasteiger charge is 2.14. The number of carbonyl (C=O) groups excluding carboxylic acids is 1. The lowest BCUT2D eigenvalue weighted by atomic mass is 9.97. The first-order chi connectivity index (χ1) is 7.67. The van der Waals surface area contributed by atoms with E-state index in [4.69, 9.17) is 0 Å². The summed E-state index contributed by atoms with van der Waals surface area (Å²) in [5, 5.41) is 0. The fourth-order valence-corrected chi connectivity index (χ4v) is 1.55. The van der Waals surface area contributed by atoms with Gasteiger partial charge < -0.3 is 0 Å². The van der Waals surface area contributed by atoms with E-state index in [1.807, 2.05) is 6.08 Å². The SMILES string of the molecule is C=NC(C/C=C(\C)C=O)C1=CC(F)CC=C1. The van der Waals surface area contributed by atoms with E-state index in [0.717, 1.165) is 11.9 Å². The highest BCUT2D eigenvalue weighted by Crippen LogP contribution is 2.20. The van der Waals surface area contributed by atoms with Crippen molar-refractivity contribution < 1.29 is 9.18 Å². The molecule has 1 aliphatic rings. The summed E-state index contributed by atoms with van der Waals surface area (Å²) in [5.74, 6) is 0. The van der Waals surface area contributed by atoms with Crippen LogP contribution in [0.5, 0.6) is 0 Å². The van der Waals surface area contributed by atoms with Crippen molar-refractivity contribution in [2.24, 2.45) is 4.99 Å². The van der Waals surface area contributed by atoms with Crippen LogP contribution in [-0.2, 0) is 4.79 Å². The lowest BCUT2D eigenvalue weighted by Crippen LogP contribution is -2.11. The number of halogens is 1. The molecule has 1 rings (SSSR count). The van der Waals surface area contributed by atoms with Crippen molar-refractivity contribution in [2.75, 3.05) is 0 Å². The molecule has 0 aromatic heterocycles. The summed E-state index contributed by atoms with van der Waals surface area (Å²) < 4.78 is 13.1. The average molecular weight is 221 g/mol. The molecule has 0 bridgehead atoms. The van der Waals surface area contributed by atoms with E-state index < -0.39 is 6.17 Å². The number of rotatable bonds is 5. The maximum Gasteiger partial charge on any atom is 0.145 e. The number of hydrogen-bond acceptors (Lipinski definition) is 2. The minimum atomic E-state index is -0.930. The van der Waals surface area contributed by atoms with Crippen molar-refractivity contribution in [3.63, 3.8) is 0 Å². The van der Waals surface area contributed by atoms with Crippen LogP contribution in [0.1, 0.15) is 19.8 Å². The topological polar surface area (TPSA) is 29.4 Å². The van der Waals surface area contributed by atoms with Gasteiger partial charge in [-0.3, -0.25) is 9.79 Å². The second kappa shape index (κ2) is 6.16. The van der Waals surface area contributed by atoms with Gasteiger partial charge in [0.2, 0.25) is 0 Å². The Balaban J connectivity index is 2.71. The number of allylic oxidation sites excluding steroid dienone is 3. The molecule has 1 aliphatic carbocycles. The van der Waals surface area contributed by atoms with Gasteiger partial charge in [0.1, 0.15) is 12.5 Å². The Morgan fingerprint density at radius 1 is 1.81 bits per heavy atom. The van der Waals surface area contributed by atoms with Crippen LogP contribution < -0.4 is 0 Å². The van der Waals surface area contributed by atoms with Crippen molar-refractivity contribution in [3.8, 4) is 0 Å². The van der Waals surface area contributed by atoms with Gasteiger partial charge in [0.15, 0.2) is 0 Å². The Labute approximate surface area is 95.3 Å². The average Bonchev–Trinajstić information content (AvgIpc) is 2.29. The first-order valence-corrected chi connectivity index (χ1v) is 5.27. The first-order valence-electron chi connectivity index (χ1n) is 5.27. The Hall–Kier alpha value is -1.51. The molecule has 0 radical (unpaired) electrons. The summed E-state index contributed by atoms with van der Waals surface area (Å²) in [5.41, 5.74) is 1.49. The second-order valence-electron chi connectivity index (χ2n) is 3.82. The standard InChI is InChI=1S/C13H16FNO/c1-10(9-16)6-7-13(15-2)11-4-3-5-12(14)8-11/h3-4,6,8-9,12-13H,2,5,7H2,1H3/b10-6+. The number of carbonyl (C=O) groups is 1. The fraction of sp³-hybridized carbons (Fsp3) is 0.385. The Kier molecular flexibility index (Phi) is 4.83. The van der Waals surface area contributed by atoms with Gasteiger partial charge in [-0.25, -0.2) is 4.39 Å². The predicted molar refractivity (Wildman–Crippen MR) is 64.5 cm³/mol. The van der Waals surface area contributed by atoms with Crippen molar-refractivity contribution in [3.05, 3.63) is 35.5 Å². The van der Waals surface area contributed by atoms with Crippen molar-refractivity contribution in [1.82, 2.24) is 0 Å². The molecule has 0 aliphatic heterocycles. The van der Waals surface area contributed by atoms with Crippen LogP contribution >= 0.6 is 0 Å². The van der Waals surface area contributed by atoms with Crippen LogP contribution in [0.4, 0.5) is 4.39 Å². The van der Waals surface area contributed by atoms with Crippen LogP contribution in [0.25, 0.3) is 0 Å². The van der Waals surface area contributed by atoms with E-state index in [1.54, 1.807) is 25.2 Å². The monoisotopic (exact) mass is 221 g/mol. The van der Waals surface area contributed by atoms with Gasteiger partial charge in [0, 0.05) is 6.42 Å². The molecule has 0 heterocycles.